The van der Waals surface area contributed by atoms with Crippen molar-refractivity contribution in [2.24, 2.45) is 0 Å². The van der Waals surface area contributed by atoms with Gasteiger partial charge in [0.2, 0.25) is 0 Å². The van der Waals surface area contributed by atoms with Crippen LogP contribution in [0, 0.1) is 19.1 Å². The van der Waals surface area contributed by atoms with E-state index in [0.717, 1.165) is 22.6 Å². The van der Waals surface area contributed by atoms with Gasteiger partial charge < -0.3 is 9.47 Å². The van der Waals surface area contributed by atoms with Gasteiger partial charge in [0.25, 0.3) is 0 Å². The molecule has 0 bridgehead atoms. The highest BCUT2D eigenvalue weighted by atomic mass is 15.1. The standard InChI is InChI=1S/C55H42N2/c1-35-32-36(24-29-49(35)56(38-16-8-6-9-17-38)40-26-27-47-43(34-40)41-20-12-14-22-45(41)54(47,2)3)37-25-30-50-44(33-37)53-51(57(50)39-18-10-7-11-19-39)31-28-48-52(53)42-21-13-15-23-46(42)55(48,4)5/h6-11,13-19,21-34H,1-5H3. The van der Waals surface area contributed by atoms with Gasteiger partial charge in [-0.2, -0.15) is 0 Å². The molecular formula is C55H42N2. The smallest absolute Gasteiger partial charge is 0.0547 e. The van der Waals surface area contributed by atoms with E-state index in [4.69, 9.17) is 0 Å². The largest absolute Gasteiger partial charge is 0.310 e. The molecule has 0 amide bonds. The average Bonchev–Trinajstić information content (AvgIpc) is 3.78. The summed E-state index contributed by atoms with van der Waals surface area (Å²) in [5, 5.41) is 2.60. The molecule has 2 nitrogen and oxygen atoms in total. The molecular weight excluding hydrogens is 689 g/mol. The number of hydrogen-bond donors (Lipinski definition) is 0. The van der Waals surface area contributed by atoms with Gasteiger partial charge in [0.1, 0.15) is 0 Å². The predicted octanol–water partition coefficient (Wildman–Crippen LogP) is 14.4. The number of anilines is 3. The van der Waals surface area contributed by atoms with E-state index in [1.807, 2.05) is 6.07 Å². The minimum absolute atomic E-state index is 0.0778. The Bertz CT molecular complexity index is 3070. The molecule has 2 aliphatic rings. The summed E-state index contributed by atoms with van der Waals surface area (Å²) in [7, 11) is 0. The highest BCUT2D eigenvalue weighted by molar-refractivity contribution is 6.18. The maximum Gasteiger partial charge on any atom is 0.0547 e. The van der Waals surface area contributed by atoms with Crippen LogP contribution in [0.5, 0.6) is 0 Å². The maximum atomic E-state index is 3.46. The van der Waals surface area contributed by atoms with Crippen molar-refractivity contribution in [1.29, 1.82) is 0 Å². The van der Waals surface area contributed by atoms with Crippen LogP contribution in [0.25, 0.3) is 60.9 Å². The summed E-state index contributed by atoms with van der Waals surface area (Å²) in [6.07, 6.45) is 0. The number of benzene rings is 7. The number of aromatic nitrogens is 1. The van der Waals surface area contributed by atoms with Crippen LogP contribution in [0.4, 0.5) is 17.1 Å². The molecule has 11 rings (SSSR count). The van der Waals surface area contributed by atoms with Gasteiger partial charge in [-0.1, -0.05) is 125 Å². The second-order valence-electron chi connectivity index (χ2n) is 16.9. The molecule has 0 aliphatic heterocycles. The first kappa shape index (κ1) is 33.5. The van der Waals surface area contributed by atoms with Crippen molar-refractivity contribution < 1.29 is 0 Å². The van der Waals surface area contributed by atoms with Crippen LogP contribution < -0.4 is 4.90 Å². The highest BCUT2D eigenvalue weighted by Crippen LogP contribution is 2.54. The third-order valence-corrected chi connectivity index (χ3v) is 13.0. The topological polar surface area (TPSA) is 8.17 Å². The van der Waals surface area contributed by atoms with Crippen LogP contribution in [0.15, 0.2) is 164 Å². The number of aryl methyl sites for hydroxylation is 1. The van der Waals surface area contributed by atoms with Crippen molar-refractivity contribution in [2.75, 3.05) is 4.90 Å². The first-order valence-electron chi connectivity index (χ1n) is 20.0. The molecule has 0 N–H and O–H groups in total. The van der Waals surface area contributed by atoms with Crippen LogP contribution in [0.2, 0.25) is 0 Å². The quantitative estimate of drug-likeness (QED) is 0.171. The summed E-state index contributed by atoms with van der Waals surface area (Å²) in [4.78, 5) is 2.40. The Morgan fingerprint density at radius 3 is 2.00 bits per heavy atom. The lowest BCUT2D eigenvalue weighted by Gasteiger charge is -2.28. The van der Waals surface area contributed by atoms with Crippen molar-refractivity contribution >= 4 is 38.9 Å². The lowest BCUT2D eigenvalue weighted by atomic mass is 9.82. The van der Waals surface area contributed by atoms with Gasteiger partial charge in [0, 0.05) is 49.9 Å². The van der Waals surface area contributed by atoms with E-state index in [1.165, 1.54) is 83.1 Å². The zero-order chi connectivity index (χ0) is 38.6. The van der Waals surface area contributed by atoms with Crippen molar-refractivity contribution in [3.05, 3.63) is 204 Å². The predicted molar refractivity (Wildman–Crippen MR) is 238 cm³/mol. The summed E-state index contributed by atoms with van der Waals surface area (Å²) >= 11 is 0. The summed E-state index contributed by atoms with van der Waals surface area (Å²) in [5.74, 6) is 0. The number of nitrogens with zero attached hydrogens (tertiary/aromatic N) is 2. The Balaban J connectivity index is 1.08. The van der Waals surface area contributed by atoms with E-state index in [2.05, 4.69) is 214 Å². The molecule has 57 heavy (non-hydrogen) atoms. The highest BCUT2D eigenvalue weighted by Gasteiger charge is 2.38. The SMILES string of the molecule is Cc1cc(-c2ccc3c(c2)c2c4c(ccc2n3-c2ccccc2)C(C)(C)c2ccccc2-4)ccc1N(c1ccccc1)c1ccc2c(c1)-c1c#cccc1C2(C)C. The van der Waals surface area contributed by atoms with Crippen LogP contribution in [0.1, 0.15) is 55.5 Å². The molecule has 0 radical (unpaired) electrons. The van der Waals surface area contributed by atoms with Crippen molar-refractivity contribution in [2.45, 2.75) is 45.4 Å². The van der Waals surface area contributed by atoms with Gasteiger partial charge in [0.15, 0.2) is 0 Å². The minimum atomic E-state index is -0.0852. The van der Waals surface area contributed by atoms with E-state index in [1.54, 1.807) is 0 Å². The molecule has 0 saturated carbocycles. The molecule has 2 aliphatic carbocycles. The summed E-state index contributed by atoms with van der Waals surface area (Å²) in [5.41, 5.74) is 21.0. The zero-order valence-corrected chi connectivity index (χ0v) is 33.0. The Kier molecular flexibility index (Phi) is 7.11. The Labute approximate surface area is 335 Å². The van der Waals surface area contributed by atoms with E-state index < -0.39 is 0 Å². The van der Waals surface area contributed by atoms with Crippen molar-refractivity contribution in [3.63, 3.8) is 0 Å². The second-order valence-corrected chi connectivity index (χ2v) is 16.9. The molecule has 0 saturated heterocycles. The summed E-state index contributed by atoms with van der Waals surface area (Å²) < 4.78 is 2.45. The number of hydrogen-bond acceptors (Lipinski definition) is 1. The van der Waals surface area contributed by atoms with Gasteiger partial charge in [0.05, 0.1) is 11.0 Å². The summed E-state index contributed by atoms with van der Waals surface area (Å²) in [6, 6.07) is 67.1. The van der Waals surface area contributed by atoms with E-state index >= 15 is 0 Å². The van der Waals surface area contributed by atoms with Gasteiger partial charge in [-0.05, 0) is 141 Å². The van der Waals surface area contributed by atoms with Gasteiger partial charge in [-0.3, -0.25) is 0 Å². The van der Waals surface area contributed by atoms with E-state index in [0.29, 0.717) is 0 Å². The first-order valence-corrected chi connectivity index (χ1v) is 20.0. The molecule has 272 valence electrons. The van der Waals surface area contributed by atoms with Crippen LogP contribution in [-0.4, -0.2) is 4.57 Å². The minimum Gasteiger partial charge on any atom is -0.310 e. The molecule has 0 fully saturated rings. The monoisotopic (exact) mass is 730 g/mol. The molecule has 1 aromatic heterocycles. The first-order chi connectivity index (χ1) is 27.7. The van der Waals surface area contributed by atoms with Gasteiger partial charge in [-0.25, -0.2) is 0 Å². The lowest BCUT2D eigenvalue weighted by molar-refractivity contribution is 0.660. The van der Waals surface area contributed by atoms with Crippen LogP contribution in [0.3, 0.4) is 0 Å². The Morgan fingerprint density at radius 1 is 0.526 bits per heavy atom. The van der Waals surface area contributed by atoms with Gasteiger partial charge >= 0.3 is 0 Å². The fourth-order valence-corrected chi connectivity index (χ4v) is 10.1. The second kappa shape index (κ2) is 12.1. The van der Waals surface area contributed by atoms with Gasteiger partial charge in [-0.15, -0.1) is 0 Å². The average molecular weight is 731 g/mol. The molecule has 8 aromatic carbocycles. The molecule has 0 atom stereocenters. The third kappa shape index (κ3) is 4.79. The van der Waals surface area contributed by atoms with E-state index in [-0.39, 0.29) is 10.8 Å². The molecule has 0 spiro atoms. The number of para-hydroxylation sites is 2. The summed E-state index contributed by atoms with van der Waals surface area (Å²) in [6.45, 7) is 11.6. The van der Waals surface area contributed by atoms with Crippen LogP contribution >= 0.6 is 0 Å². The molecule has 1 heterocycles. The maximum absolute atomic E-state index is 3.46. The fourth-order valence-electron chi connectivity index (χ4n) is 10.1. The molecule has 9 aromatic rings. The number of fused-ring (bicyclic) bond motifs is 10. The Morgan fingerprint density at radius 2 is 1.19 bits per heavy atom. The molecule has 0 unspecified atom stereocenters. The normalized spacial score (nSPS) is 14.2. The van der Waals surface area contributed by atoms with E-state index in [9.17, 15) is 0 Å². The van der Waals surface area contributed by atoms with Crippen molar-refractivity contribution in [1.82, 2.24) is 4.57 Å². The number of rotatable bonds is 5. The molecule has 2 heteroatoms. The van der Waals surface area contributed by atoms with Crippen molar-refractivity contribution in [3.8, 4) is 39.1 Å². The van der Waals surface area contributed by atoms with Crippen LogP contribution in [-0.2, 0) is 10.8 Å². The lowest BCUT2D eigenvalue weighted by Crippen LogP contribution is -2.15. The Hall–Kier alpha value is -6.82. The zero-order valence-electron chi connectivity index (χ0n) is 33.0. The third-order valence-electron chi connectivity index (χ3n) is 13.0. The fraction of sp³-hybridized carbons (Fsp3) is 0.127.